The molecule has 0 saturated heterocycles. The summed E-state index contributed by atoms with van der Waals surface area (Å²) in [6, 6.07) is 5.72. The molecule has 0 saturated carbocycles. The van der Waals surface area contributed by atoms with Crippen molar-refractivity contribution in [1.82, 2.24) is 4.98 Å². The van der Waals surface area contributed by atoms with Gasteiger partial charge in [-0.25, -0.2) is 0 Å². The Kier molecular flexibility index (Phi) is 8.80. The van der Waals surface area contributed by atoms with E-state index >= 15 is 0 Å². The van der Waals surface area contributed by atoms with Gasteiger partial charge in [0.25, 0.3) is 0 Å². The highest BCUT2D eigenvalue weighted by molar-refractivity contribution is 6.34. The molecule has 0 unspecified atom stereocenters. The summed E-state index contributed by atoms with van der Waals surface area (Å²) >= 11 is 0. The van der Waals surface area contributed by atoms with Crippen LogP contribution in [0.25, 0.3) is 0 Å². The van der Waals surface area contributed by atoms with Crippen molar-refractivity contribution in [1.29, 1.82) is 0 Å². The minimum atomic E-state index is -1.08. The average molecular weight is 225 g/mol. The molecule has 1 aromatic heterocycles. The minimum Gasteiger partial charge on any atom is -0.402 e. The van der Waals surface area contributed by atoms with Crippen molar-refractivity contribution in [2.75, 3.05) is 0 Å². The van der Waals surface area contributed by atoms with Crippen LogP contribution in [0.15, 0.2) is 30.6 Å². The van der Waals surface area contributed by atoms with Crippen molar-refractivity contribution in [3.63, 3.8) is 0 Å². The molecule has 0 bridgehead atoms. The lowest BCUT2D eigenvalue weighted by Crippen LogP contribution is -2.29. The van der Waals surface area contributed by atoms with E-state index < -0.39 is 7.32 Å². The fourth-order valence-corrected chi connectivity index (χ4v) is 0.810. The highest BCUT2D eigenvalue weighted by Gasteiger charge is 2.18. The molecule has 0 atom stereocenters. The first-order chi connectivity index (χ1) is 7.52. The molecular formula is C11H20BNO3. The third kappa shape index (κ3) is 11.2. The van der Waals surface area contributed by atoms with Gasteiger partial charge in [0.1, 0.15) is 0 Å². The van der Waals surface area contributed by atoms with Crippen LogP contribution in [0, 0.1) is 0 Å². The number of rotatable bonds is 4. The molecule has 0 aliphatic carbocycles. The average Bonchev–Trinajstić information content (AvgIpc) is 2.18. The normalized spacial score (nSPS) is 9.94. The lowest BCUT2D eigenvalue weighted by Gasteiger charge is -2.13. The Balaban J connectivity index is 0.000000315. The monoisotopic (exact) mass is 225 g/mol. The largest absolute Gasteiger partial charge is 0.637 e. The van der Waals surface area contributed by atoms with Crippen molar-refractivity contribution in [3.05, 3.63) is 30.6 Å². The molecule has 90 valence electrons. The molecule has 1 aromatic rings. The summed E-state index contributed by atoms with van der Waals surface area (Å²) in [4.78, 5) is 3.78. The minimum absolute atomic E-state index is 0.00579. The number of hydrogen-bond acceptors (Lipinski definition) is 4. The van der Waals surface area contributed by atoms with Crippen LogP contribution in [-0.2, 0) is 9.31 Å². The van der Waals surface area contributed by atoms with E-state index in [9.17, 15) is 0 Å². The van der Waals surface area contributed by atoms with Crippen LogP contribution in [0.1, 0.15) is 27.7 Å². The smallest absolute Gasteiger partial charge is 0.402 e. The Morgan fingerprint density at radius 3 is 1.56 bits per heavy atom. The molecule has 0 amide bonds. The summed E-state index contributed by atoms with van der Waals surface area (Å²) in [5.74, 6) is 0. The van der Waals surface area contributed by atoms with E-state index in [0.29, 0.717) is 0 Å². The molecule has 5 heteroatoms. The zero-order valence-corrected chi connectivity index (χ0v) is 10.3. The molecule has 0 radical (unpaired) electrons. The van der Waals surface area contributed by atoms with Gasteiger partial charge in [0.2, 0.25) is 0 Å². The first-order valence-electron chi connectivity index (χ1n) is 5.36. The summed E-state index contributed by atoms with van der Waals surface area (Å²) < 4.78 is 9.79. The maximum absolute atomic E-state index is 8.95. The van der Waals surface area contributed by atoms with Crippen LogP contribution >= 0.6 is 0 Å². The van der Waals surface area contributed by atoms with E-state index in [4.69, 9.17) is 14.3 Å². The number of pyridine rings is 1. The summed E-state index contributed by atoms with van der Waals surface area (Å²) in [5, 5.41) is 8.95. The maximum atomic E-state index is 8.95. The zero-order chi connectivity index (χ0) is 12.4. The van der Waals surface area contributed by atoms with Gasteiger partial charge in [0.05, 0.1) is 0 Å². The van der Waals surface area contributed by atoms with Crippen LogP contribution in [0.3, 0.4) is 0 Å². The van der Waals surface area contributed by atoms with Crippen LogP contribution in [0.2, 0.25) is 0 Å². The van der Waals surface area contributed by atoms with Gasteiger partial charge in [0, 0.05) is 24.6 Å². The van der Waals surface area contributed by atoms with Gasteiger partial charge < -0.3 is 14.3 Å². The standard InChI is InChI=1S/C6H15BO3.C5H5N/c1-5(2)9-7(8)10-6(3)4;1-2-4-6-5-3-1/h5-6,8H,1-4H3;1-5H. The van der Waals surface area contributed by atoms with Gasteiger partial charge in [-0.2, -0.15) is 0 Å². The molecule has 0 aliphatic heterocycles. The van der Waals surface area contributed by atoms with E-state index in [-0.39, 0.29) is 12.2 Å². The lowest BCUT2D eigenvalue weighted by molar-refractivity contribution is 0.0790. The van der Waals surface area contributed by atoms with Gasteiger partial charge in [-0.05, 0) is 39.8 Å². The zero-order valence-electron chi connectivity index (χ0n) is 10.3. The van der Waals surface area contributed by atoms with Crippen molar-refractivity contribution in [2.45, 2.75) is 39.9 Å². The van der Waals surface area contributed by atoms with Crippen LogP contribution in [0.4, 0.5) is 0 Å². The number of hydrogen-bond donors (Lipinski definition) is 1. The Labute approximate surface area is 97.8 Å². The van der Waals surface area contributed by atoms with E-state index in [1.807, 2.05) is 45.9 Å². The molecule has 4 nitrogen and oxygen atoms in total. The molecule has 16 heavy (non-hydrogen) atoms. The first-order valence-corrected chi connectivity index (χ1v) is 5.36. The molecule has 1 heterocycles. The predicted molar refractivity (Wildman–Crippen MR) is 64.7 cm³/mol. The molecule has 0 fully saturated rings. The highest BCUT2D eigenvalue weighted by atomic mass is 16.7. The van der Waals surface area contributed by atoms with Crippen molar-refractivity contribution in [2.24, 2.45) is 0 Å². The second-order valence-electron chi connectivity index (χ2n) is 3.70. The Morgan fingerprint density at radius 1 is 0.938 bits per heavy atom. The molecule has 1 rings (SSSR count). The molecule has 1 N–H and O–H groups in total. The van der Waals surface area contributed by atoms with E-state index in [1.54, 1.807) is 12.4 Å². The number of nitrogens with zero attached hydrogens (tertiary/aromatic N) is 1. The topological polar surface area (TPSA) is 51.6 Å². The van der Waals surface area contributed by atoms with Crippen molar-refractivity contribution >= 4 is 7.32 Å². The fraction of sp³-hybridized carbons (Fsp3) is 0.545. The summed E-state index contributed by atoms with van der Waals surface area (Å²) in [6.45, 7) is 7.36. The van der Waals surface area contributed by atoms with E-state index in [2.05, 4.69) is 4.98 Å². The van der Waals surface area contributed by atoms with Crippen molar-refractivity contribution in [3.8, 4) is 0 Å². The van der Waals surface area contributed by atoms with E-state index in [1.165, 1.54) is 0 Å². The highest BCUT2D eigenvalue weighted by Crippen LogP contribution is 1.96. The Morgan fingerprint density at radius 2 is 1.38 bits per heavy atom. The van der Waals surface area contributed by atoms with Crippen LogP contribution < -0.4 is 0 Å². The van der Waals surface area contributed by atoms with Gasteiger partial charge in [-0.3, -0.25) is 4.98 Å². The SMILES string of the molecule is CC(C)OB(O)OC(C)C.c1ccncc1. The van der Waals surface area contributed by atoms with E-state index in [0.717, 1.165) is 0 Å². The lowest BCUT2D eigenvalue weighted by atomic mass is 10.2. The van der Waals surface area contributed by atoms with Gasteiger partial charge in [-0.15, -0.1) is 0 Å². The second-order valence-corrected chi connectivity index (χ2v) is 3.70. The summed E-state index contributed by atoms with van der Waals surface area (Å²) in [6.07, 6.45) is 3.49. The Bertz CT molecular complexity index is 208. The van der Waals surface area contributed by atoms with Crippen molar-refractivity contribution < 1.29 is 14.3 Å². The van der Waals surface area contributed by atoms with Crippen LogP contribution in [-0.4, -0.2) is 29.5 Å². The molecular weight excluding hydrogens is 205 g/mol. The predicted octanol–water partition coefficient (Wildman–Crippen LogP) is 1.90. The third-order valence-corrected chi connectivity index (χ3v) is 1.34. The Hall–Kier alpha value is -0.905. The van der Waals surface area contributed by atoms with Gasteiger partial charge in [-0.1, -0.05) is 6.07 Å². The fourth-order valence-electron chi connectivity index (χ4n) is 0.810. The van der Waals surface area contributed by atoms with Crippen LogP contribution in [0.5, 0.6) is 0 Å². The summed E-state index contributed by atoms with van der Waals surface area (Å²) in [5.41, 5.74) is 0. The summed E-state index contributed by atoms with van der Waals surface area (Å²) in [7, 11) is -1.08. The first kappa shape index (κ1) is 15.1. The quantitative estimate of drug-likeness (QED) is 0.795. The molecule has 0 aromatic carbocycles. The van der Waals surface area contributed by atoms with Gasteiger partial charge >= 0.3 is 7.32 Å². The number of aromatic nitrogens is 1. The third-order valence-electron chi connectivity index (χ3n) is 1.34. The molecule has 0 spiro atoms. The molecule has 0 aliphatic rings. The second kappa shape index (κ2) is 9.33. The maximum Gasteiger partial charge on any atom is 0.637 e. The van der Waals surface area contributed by atoms with Gasteiger partial charge in [0.15, 0.2) is 0 Å².